The molecule has 90 valence electrons. The predicted octanol–water partition coefficient (Wildman–Crippen LogP) is 1.07. The summed E-state index contributed by atoms with van der Waals surface area (Å²) >= 11 is 0. The van der Waals surface area contributed by atoms with Crippen LogP contribution in [0.5, 0.6) is 5.75 Å². The molecule has 0 saturated carbocycles. The first kappa shape index (κ1) is 11.4. The Balaban J connectivity index is 2.05. The molecular formula is C12H14N2O3. The Hall–Kier alpha value is -2.04. The monoisotopic (exact) mass is 234 g/mol. The van der Waals surface area contributed by atoms with Gasteiger partial charge in [0, 0.05) is 5.56 Å². The van der Waals surface area contributed by atoms with Gasteiger partial charge in [0.1, 0.15) is 5.75 Å². The van der Waals surface area contributed by atoms with Gasteiger partial charge in [-0.05, 0) is 36.6 Å². The fourth-order valence-electron chi connectivity index (χ4n) is 1.91. The molecule has 0 fully saturated rings. The minimum atomic E-state index is -0.374. The molecule has 0 bridgehead atoms. The van der Waals surface area contributed by atoms with Crippen LogP contribution in [0.4, 0.5) is 0 Å². The van der Waals surface area contributed by atoms with Gasteiger partial charge in [-0.1, -0.05) is 5.16 Å². The molecule has 17 heavy (non-hydrogen) atoms. The molecule has 1 aromatic rings. The van der Waals surface area contributed by atoms with Crippen molar-refractivity contribution in [2.45, 2.75) is 19.3 Å². The zero-order chi connectivity index (χ0) is 12.3. The molecule has 0 spiro atoms. The van der Waals surface area contributed by atoms with Gasteiger partial charge in [0.05, 0.1) is 18.7 Å². The minimum absolute atomic E-state index is 0.209. The highest BCUT2D eigenvalue weighted by Gasteiger charge is 2.18. The second-order valence-electron chi connectivity index (χ2n) is 3.93. The lowest BCUT2D eigenvalue weighted by Crippen LogP contribution is -2.14. The second kappa shape index (κ2) is 4.86. The molecule has 0 aromatic heterocycles. The summed E-state index contributed by atoms with van der Waals surface area (Å²) in [5.41, 5.74) is 7.81. The number of rotatable bonds is 4. The molecule has 3 N–H and O–H groups in total. The first-order valence-electron chi connectivity index (χ1n) is 5.46. The number of aryl methyl sites for hydroxylation is 1. The molecule has 1 aliphatic carbocycles. The molecule has 5 nitrogen and oxygen atoms in total. The smallest absolute Gasteiger partial charge is 0.220 e. The lowest BCUT2D eigenvalue weighted by molar-refractivity contribution is -0.118. The van der Waals surface area contributed by atoms with Gasteiger partial charge in [0.15, 0.2) is 0 Å². The van der Waals surface area contributed by atoms with Gasteiger partial charge in [-0.15, -0.1) is 0 Å². The van der Waals surface area contributed by atoms with Crippen molar-refractivity contribution in [1.29, 1.82) is 0 Å². The Morgan fingerprint density at radius 2 is 2.29 bits per heavy atom. The summed E-state index contributed by atoms with van der Waals surface area (Å²) in [4.78, 5) is 10.6. The normalized spacial score (nSPS) is 15.9. The molecule has 0 atom stereocenters. The molecule has 5 heteroatoms. The third-order valence-corrected chi connectivity index (χ3v) is 2.76. The number of oxime groups is 1. The van der Waals surface area contributed by atoms with Gasteiger partial charge in [0.25, 0.3) is 0 Å². The molecule has 1 aliphatic rings. The third-order valence-electron chi connectivity index (χ3n) is 2.76. The van der Waals surface area contributed by atoms with E-state index >= 15 is 0 Å². The summed E-state index contributed by atoms with van der Waals surface area (Å²) in [6.45, 7) is 0.287. The van der Waals surface area contributed by atoms with Crippen LogP contribution in [-0.2, 0) is 11.2 Å². The average Bonchev–Trinajstić information content (AvgIpc) is 2.70. The fraction of sp³-hybridized carbons (Fsp3) is 0.333. The molecule has 1 aromatic carbocycles. The van der Waals surface area contributed by atoms with Crippen LogP contribution in [0.3, 0.4) is 0 Å². The molecule has 0 radical (unpaired) electrons. The van der Waals surface area contributed by atoms with Crippen molar-refractivity contribution in [3.05, 3.63) is 29.3 Å². The minimum Gasteiger partial charge on any atom is -0.493 e. The number of nitrogens with two attached hydrogens (primary N) is 1. The van der Waals surface area contributed by atoms with Crippen LogP contribution in [0.15, 0.2) is 23.4 Å². The summed E-state index contributed by atoms with van der Waals surface area (Å²) in [6, 6.07) is 5.59. The highest BCUT2D eigenvalue weighted by Crippen LogP contribution is 2.26. The maximum atomic E-state index is 10.6. The van der Waals surface area contributed by atoms with E-state index in [-0.39, 0.29) is 18.9 Å². The molecule has 1 amide bonds. The topological polar surface area (TPSA) is 84.9 Å². The Bertz CT molecular complexity index is 469. The largest absolute Gasteiger partial charge is 0.493 e. The number of fused-ring (bicyclic) bond motifs is 1. The van der Waals surface area contributed by atoms with Gasteiger partial charge < -0.3 is 15.7 Å². The van der Waals surface area contributed by atoms with E-state index < -0.39 is 0 Å². The SMILES string of the molecule is NC(=O)CCOc1ccc2c(c1)CC/C2=N\O. The molecule has 2 rings (SSSR count). The highest BCUT2D eigenvalue weighted by molar-refractivity contribution is 6.04. The van der Waals surface area contributed by atoms with Gasteiger partial charge in [-0.3, -0.25) is 4.79 Å². The number of hydrogen-bond donors (Lipinski definition) is 2. The number of amides is 1. The van der Waals surface area contributed by atoms with Crippen molar-refractivity contribution >= 4 is 11.6 Å². The Morgan fingerprint density at radius 1 is 1.47 bits per heavy atom. The van der Waals surface area contributed by atoms with Gasteiger partial charge in [-0.25, -0.2) is 0 Å². The van der Waals surface area contributed by atoms with Crippen molar-refractivity contribution < 1.29 is 14.7 Å². The van der Waals surface area contributed by atoms with Gasteiger partial charge in [-0.2, -0.15) is 0 Å². The Kier molecular flexibility index (Phi) is 3.27. The number of benzene rings is 1. The number of carbonyl (C=O) groups excluding carboxylic acids is 1. The lowest BCUT2D eigenvalue weighted by atomic mass is 10.1. The van der Waals surface area contributed by atoms with E-state index in [0.29, 0.717) is 11.5 Å². The summed E-state index contributed by atoms with van der Waals surface area (Å²) in [5.74, 6) is 0.338. The van der Waals surface area contributed by atoms with Crippen molar-refractivity contribution in [1.82, 2.24) is 0 Å². The zero-order valence-corrected chi connectivity index (χ0v) is 9.35. The van der Waals surface area contributed by atoms with E-state index in [4.69, 9.17) is 15.7 Å². The van der Waals surface area contributed by atoms with Gasteiger partial charge >= 0.3 is 0 Å². The number of hydrogen-bond acceptors (Lipinski definition) is 4. The summed E-state index contributed by atoms with van der Waals surface area (Å²) < 4.78 is 5.41. The first-order chi connectivity index (χ1) is 8.20. The maximum absolute atomic E-state index is 10.6. The van der Waals surface area contributed by atoms with Gasteiger partial charge in [0.2, 0.25) is 5.91 Å². The number of nitrogens with zero attached hydrogens (tertiary/aromatic N) is 1. The van der Waals surface area contributed by atoms with Crippen molar-refractivity contribution in [3.8, 4) is 5.75 Å². The Labute approximate surface area is 98.9 Å². The Morgan fingerprint density at radius 3 is 3.00 bits per heavy atom. The zero-order valence-electron chi connectivity index (χ0n) is 9.35. The molecule has 0 heterocycles. The van der Waals surface area contributed by atoms with E-state index in [1.54, 1.807) is 6.07 Å². The van der Waals surface area contributed by atoms with E-state index in [1.807, 2.05) is 12.1 Å². The summed E-state index contributed by atoms with van der Waals surface area (Å²) in [6.07, 6.45) is 1.80. The van der Waals surface area contributed by atoms with Crippen LogP contribution in [0, 0.1) is 0 Å². The quantitative estimate of drug-likeness (QED) is 0.603. The predicted molar refractivity (Wildman–Crippen MR) is 62.4 cm³/mol. The molecular weight excluding hydrogens is 220 g/mol. The molecule has 0 unspecified atom stereocenters. The van der Waals surface area contributed by atoms with E-state index in [1.165, 1.54) is 0 Å². The standard InChI is InChI=1S/C12H14N2O3/c13-12(15)5-6-17-9-2-3-10-8(7-9)1-4-11(10)14-16/h2-3,7,16H,1,4-6H2,(H2,13,15)/b14-11+. The second-order valence-corrected chi connectivity index (χ2v) is 3.93. The van der Waals surface area contributed by atoms with Crippen molar-refractivity contribution in [3.63, 3.8) is 0 Å². The number of ether oxygens (including phenoxy) is 1. The van der Waals surface area contributed by atoms with Crippen LogP contribution < -0.4 is 10.5 Å². The summed E-state index contributed by atoms with van der Waals surface area (Å²) in [7, 11) is 0. The number of carbonyl (C=O) groups is 1. The lowest BCUT2D eigenvalue weighted by Gasteiger charge is -2.06. The van der Waals surface area contributed by atoms with Crippen LogP contribution in [0.2, 0.25) is 0 Å². The highest BCUT2D eigenvalue weighted by atomic mass is 16.5. The first-order valence-corrected chi connectivity index (χ1v) is 5.46. The average molecular weight is 234 g/mol. The maximum Gasteiger partial charge on any atom is 0.220 e. The summed E-state index contributed by atoms with van der Waals surface area (Å²) in [5, 5.41) is 12.0. The van der Waals surface area contributed by atoms with Crippen molar-refractivity contribution in [2.24, 2.45) is 10.9 Å². The fourth-order valence-corrected chi connectivity index (χ4v) is 1.91. The van der Waals surface area contributed by atoms with E-state index in [2.05, 4.69) is 5.16 Å². The van der Waals surface area contributed by atoms with E-state index in [0.717, 1.165) is 24.0 Å². The number of primary amides is 1. The molecule has 0 saturated heterocycles. The van der Waals surface area contributed by atoms with E-state index in [9.17, 15) is 4.79 Å². The van der Waals surface area contributed by atoms with Crippen LogP contribution in [-0.4, -0.2) is 23.4 Å². The van der Waals surface area contributed by atoms with Crippen molar-refractivity contribution in [2.75, 3.05) is 6.61 Å². The van der Waals surface area contributed by atoms with Crippen LogP contribution in [0.1, 0.15) is 24.0 Å². The molecule has 0 aliphatic heterocycles. The van der Waals surface area contributed by atoms with Crippen LogP contribution >= 0.6 is 0 Å². The third kappa shape index (κ3) is 2.55. The van der Waals surface area contributed by atoms with Crippen LogP contribution in [0.25, 0.3) is 0 Å².